The van der Waals surface area contributed by atoms with Crippen molar-refractivity contribution in [3.05, 3.63) is 0 Å². The van der Waals surface area contributed by atoms with E-state index in [-0.39, 0.29) is 12.6 Å². The molecule has 0 atom stereocenters. The summed E-state index contributed by atoms with van der Waals surface area (Å²) in [4.78, 5) is 18.5. The molecule has 0 radical (unpaired) electrons. The van der Waals surface area contributed by atoms with E-state index in [0.717, 1.165) is 19.4 Å². The smallest absolute Gasteiger partial charge is 0.290 e. The lowest BCUT2D eigenvalue weighted by Crippen LogP contribution is -2.09. The van der Waals surface area contributed by atoms with E-state index in [4.69, 9.17) is 19.8 Å². The molecule has 0 aromatic carbocycles. The van der Waals surface area contributed by atoms with Gasteiger partial charge in [0, 0.05) is 0 Å². The molecule has 0 bridgehead atoms. The van der Waals surface area contributed by atoms with Crippen molar-refractivity contribution >= 4 is 13.3 Å². The van der Waals surface area contributed by atoms with Gasteiger partial charge in [0.15, 0.2) is 0 Å². The highest BCUT2D eigenvalue weighted by molar-refractivity contribution is 5.32. The third-order valence-electron chi connectivity index (χ3n) is 2.21. The van der Waals surface area contributed by atoms with Crippen molar-refractivity contribution in [2.45, 2.75) is 45.1 Å². The first-order valence-corrected chi connectivity index (χ1v) is 5.78. The molecule has 104 valence electrons. The van der Waals surface area contributed by atoms with Gasteiger partial charge >= 0.3 is 0 Å². The van der Waals surface area contributed by atoms with Crippen LogP contribution in [0.4, 0.5) is 0 Å². The van der Waals surface area contributed by atoms with Crippen LogP contribution in [0.25, 0.3) is 0 Å². The van der Waals surface area contributed by atoms with Crippen molar-refractivity contribution in [1.29, 1.82) is 0 Å². The quantitative estimate of drug-likeness (QED) is 0.687. The Morgan fingerprint density at radius 1 is 1.24 bits per heavy atom. The molecule has 5 heteroatoms. The predicted molar refractivity (Wildman–Crippen MR) is 69.1 cm³/mol. The Bertz CT molecular complexity index is 136. The van der Waals surface area contributed by atoms with Crippen LogP contribution in [-0.4, -0.2) is 55.1 Å². The highest BCUT2D eigenvalue weighted by Gasteiger charge is 2.07. The minimum Gasteiger partial charge on any atom is -0.483 e. The lowest BCUT2D eigenvalue weighted by atomic mass is 9.98. The highest BCUT2D eigenvalue weighted by Crippen LogP contribution is 2.16. The van der Waals surface area contributed by atoms with Crippen LogP contribution in [0, 0.1) is 0 Å². The van der Waals surface area contributed by atoms with Crippen LogP contribution in [0.2, 0.25) is 0 Å². The molecule has 0 aromatic rings. The van der Waals surface area contributed by atoms with E-state index in [0.29, 0.717) is 0 Å². The van der Waals surface area contributed by atoms with Crippen LogP contribution in [-0.2, 0) is 9.59 Å². The van der Waals surface area contributed by atoms with E-state index in [1.165, 1.54) is 19.3 Å². The molecule has 0 unspecified atom stereocenters. The molecule has 0 aromatic heterocycles. The number of carboxylic acid groups (broad SMARTS) is 1. The van der Waals surface area contributed by atoms with Gasteiger partial charge < -0.3 is 19.9 Å². The summed E-state index contributed by atoms with van der Waals surface area (Å²) in [5, 5.41) is 15.8. The van der Waals surface area contributed by atoms with Crippen molar-refractivity contribution in [1.82, 2.24) is 4.90 Å². The van der Waals surface area contributed by atoms with E-state index >= 15 is 0 Å². The molecule has 0 heterocycles. The molecule has 17 heavy (non-hydrogen) atoms. The summed E-state index contributed by atoms with van der Waals surface area (Å²) in [6, 6.07) is 0. The minimum atomic E-state index is -0.250. The van der Waals surface area contributed by atoms with E-state index in [1.807, 2.05) is 6.79 Å². The summed E-state index contributed by atoms with van der Waals surface area (Å²) in [6.07, 6.45) is 5.92. The molecule has 0 saturated heterocycles. The maximum absolute atomic E-state index is 8.91. The normalized spacial score (nSPS) is 14.2. The first-order valence-electron chi connectivity index (χ1n) is 5.78. The molecule has 2 N–H and O–H groups in total. The second-order valence-electron chi connectivity index (χ2n) is 3.79. The fraction of sp³-hybridized carbons (Fsp3) is 0.833. The third-order valence-corrected chi connectivity index (χ3v) is 2.21. The third kappa shape index (κ3) is 31.3. The first kappa shape index (κ1) is 21.4. The molecule has 0 aliphatic heterocycles. The molecule has 0 spiro atoms. The zero-order valence-electron chi connectivity index (χ0n) is 11.3. The fourth-order valence-corrected chi connectivity index (χ4v) is 1.08. The number of carbonyl (C=O) groups excluding carboxylic acids is 1. The Labute approximate surface area is 104 Å². The molecule has 1 aliphatic carbocycles. The first-order chi connectivity index (χ1) is 8.08. The average molecular weight is 249 g/mol. The predicted octanol–water partition coefficient (Wildman–Crippen LogP) is 1.40. The summed E-state index contributed by atoms with van der Waals surface area (Å²) in [5.41, 5.74) is 0. The zero-order chi connectivity index (χ0) is 14.1. The second kappa shape index (κ2) is 20.5. The zero-order valence-corrected chi connectivity index (χ0v) is 11.3. The fourth-order valence-electron chi connectivity index (χ4n) is 1.08. The number of hydrogen-bond acceptors (Lipinski definition) is 4. The molecule has 1 aliphatic rings. The number of nitrogens with zero attached hydrogens (tertiary/aromatic N) is 1. The van der Waals surface area contributed by atoms with Gasteiger partial charge in [-0.05, 0) is 33.5 Å². The standard InChI is InChI=1S/C6H12O.C4H11N.CH2O2.CH2O/c7-6-4-2-1-3-5-6;1-4-5(2)3;2-1-3;1-2/h6-7H,1-5H2;4H2,1-3H3;1H,(H,2,3);1H2. The summed E-state index contributed by atoms with van der Waals surface area (Å²) in [7, 11) is 4.11. The van der Waals surface area contributed by atoms with Gasteiger partial charge in [0.1, 0.15) is 6.79 Å². The molecule has 1 rings (SSSR count). The van der Waals surface area contributed by atoms with Crippen LogP contribution >= 0.6 is 0 Å². The minimum absolute atomic E-state index is 0.0359. The Balaban J connectivity index is -0.000000174. The maximum atomic E-state index is 8.91. The van der Waals surface area contributed by atoms with E-state index in [9.17, 15) is 0 Å². The topological polar surface area (TPSA) is 77.8 Å². The Morgan fingerprint density at radius 2 is 1.53 bits per heavy atom. The summed E-state index contributed by atoms with van der Waals surface area (Å²) < 4.78 is 0. The largest absolute Gasteiger partial charge is 0.483 e. The maximum Gasteiger partial charge on any atom is 0.290 e. The lowest BCUT2D eigenvalue weighted by molar-refractivity contribution is -0.122. The molecule has 0 amide bonds. The lowest BCUT2D eigenvalue weighted by Gasteiger charge is -2.14. The summed E-state index contributed by atoms with van der Waals surface area (Å²) >= 11 is 0. The Morgan fingerprint density at radius 3 is 1.65 bits per heavy atom. The van der Waals surface area contributed by atoms with E-state index in [1.54, 1.807) is 0 Å². The second-order valence-corrected chi connectivity index (χ2v) is 3.79. The van der Waals surface area contributed by atoms with Crippen LogP contribution in [0.1, 0.15) is 39.0 Å². The number of aliphatic hydroxyl groups excluding tert-OH is 1. The van der Waals surface area contributed by atoms with Gasteiger partial charge in [-0.2, -0.15) is 0 Å². The highest BCUT2D eigenvalue weighted by atomic mass is 16.3. The van der Waals surface area contributed by atoms with Crippen molar-refractivity contribution in [2.75, 3.05) is 20.6 Å². The van der Waals surface area contributed by atoms with Crippen LogP contribution in [0.15, 0.2) is 0 Å². The Kier molecular flexibility index (Phi) is 25.7. The molecular weight excluding hydrogens is 222 g/mol. The van der Waals surface area contributed by atoms with Gasteiger partial charge in [0.2, 0.25) is 0 Å². The van der Waals surface area contributed by atoms with Crippen LogP contribution in [0.5, 0.6) is 0 Å². The van der Waals surface area contributed by atoms with Crippen LogP contribution in [0.3, 0.4) is 0 Å². The van der Waals surface area contributed by atoms with Gasteiger partial charge in [0.05, 0.1) is 6.10 Å². The van der Waals surface area contributed by atoms with Gasteiger partial charge in [-0.3, -0.25) is 4.79 Å². The molecule has 1 fully saturated rings. The number of rotatable bonds is 1. The van der Waals surface area contributed by atoms with Crippen molar-refractivity contribution in [3.63, 3.8) is 0 Å². The number of aliphatic hydroxyl groups is 1. The van der Waals surface area contributed by atoms with Gasteiger partial charge in [-0.25, -0.2) is 0 Å². The molecule has 1 saturated carbocycles. The van der Waals surface area contributed by atoms with Crippen LogP contribution < -0.4 is 0 Å². The summed E-state index contributed by atoms with van der Waals surface area (Å²) in [5.74, 6) is 0. The Hall–Kier alpha value is -0.940. The monoisotopic (exact) mass is 249 g/mol. The van der Waals surface area contributed by atoms with Crippen molar-refractivity contribution < 1.29 is 19.8 Å². The van der Waals surface area contributed by atoms with Gasteiger partial charge in [0.25, 0.3) is 6.47 Å². The molecular formula is C12H27NO4. The van der Waals surface area contributed by atoms with Gasteiger partial charge in [-0.1, -0.05) is 26.2 Å². The van der Waals surface area contributed by atoms with Crippen molar-refractivity contribution in [2.24, 2.45) is 0 Å². The SMILES string of the molecule is C=O.CCN(C)C.O=CO.OC1CCCCC1. The van der Waals surface area contributed by atoms with E-state index in [2.05, 4.69) is 25.9 Å². The van der Waals surface area contributed by atoms with Gasteiger partial charge in [-0.15, -0.1) is 0 Å². The average Bonchev–Trinajstić information content (AvgIpc) is 2.34. The van der Waals surface area contributed by atoms with E-state index < -0.39 is 0 Å². The molecule has 5 nitrogen and oxygen atoms in total. The number of carbonyl (C=O) groups is 2. The number of hydrogen-bond donors (Lipinski definition) is 2. The van der Waals surface area contributed by atoms with Crippen molar-refractivity contribution in [3.8, 4) is 0 Å². The summed E-state index contributed by atoms with van der Waals surface area (Å²) in [6.45, 7) is 5.01.